The van der Waals surface area contributed by atoms with Crippen molar-refractivity contribution in [2.24, 2.45) is 0 Å². The standard InChI is InChI=1S/C80H43BN2/c1-2-19-46-44(18-1)40-62(55-28-8-3-20-47(46)55)45-36-38-68-65(41-45)75-73-59-32-15-12-25-52(59)49-22-5-9-29-56(49)63(73)42-66-79(75)82(68)70-34-17-35-71-78(70)81(66)67-43-64-57-30-10-6-23-50(57)53-26-13-16-33-60(53)74(64)77-76-69(83(71)80(67)77)39-37-61-54-27-7-4-21-48(54)51-24-11-14-31-58(51)72(61)76/h1-43H. The van der Waals surface area contributed by atoms with Crippen LogP contribution in [0.15, 0.2) is 261 Å². The van der Waals surface area contributed by atoms with Crippen molar-refractivity contribution >= 4 is 185 Å². The van der Waals surface area contributed by atoms with E-state index in [0.29, 0.717) is 0 Å². The molecule has 83 heavy (non-hydrogen) atoms. The van der Waals surface area contributed by atoms with Crippen LogP contribution in [-0.4, -0.2) is 15.8 Å². The summed E-state index contributed by atoms with van der Waals surface area (Å²) in [7, 11) is 0. The van der Waals surface area contributed by atoms with E-state index in [4.69, 9.17) is 0 Å². The molecule has 21 rings (SSSR count). The van der Waals surface area contributed by atoms with Crippen molar-refractivity contribution in [2.75, 3.05) is 0 Å². The van der Waals surface area contributed by atoms with Gasteiger partial charge in [-0.15, -0.1) is 0 Å². The number of aromatic nitrogens is 2. The molecule has 0 radical (unpaired) electrons. The average molecular weight is 1040 g/mol. The zero-order valence-corrected chi connectivity index (χ0v) is 44.8. The fourth-order valence-corrected chi connectivity index (χ4v) is 16.8. The normalized spacial score (nSPS) is 13.0. The Kier molecular flexibility index (Phi) is 7.88. The van der Waals surface area contributed by atoms with Crippen molar-refractivity contribution in [3.8, 4) is 22.5 Å². The number of nitrogens with zero attached hydrogens (tertiary/aromatic N) is 2. The Morgan fingerprint density at radius 3 is 1.16 bits per heavy atom. The van der Waals surface area contributed by atoms with Crippen molar-refractivity contribution in [3.63, 3.8) is 0 Å². The third-order valence-corrected chi connectivity index (χ3v) is 19.9. The quantitative estimate of drug-likeness (QED) is 0.115. The van der Waals surface area contributed by atoms with Gasteiger partial charge in [0, 0.05) is 49.1 Å². The van der Waals surface area contributed by atoms with E-state index in [0.717, 1.165) is 0 Å². The highest BCUT2D eigenvalue weighted by Gasteiger charge is 2.42. The number of hydrogen-bond acceptors (Lipinski definition) is 0. The summed E-state index contributed by atoms with van der Waals surface area (Å²) >= 11 is 0. The highest BCUT2D eigenvalue weighted by molar-refractivity contribution is 7.01. The van der Waals surface area contributed by atoms with Crippen LogP contribution in [0.1, 0.15) is 0 Å². The predicted octanol–water partition coefficient (Wildman–Crippen LogP) is 19.4. The summed E-state index contributed by atoms with van der Waals surface area (Å²) in [5.74, 6) is 0. The molecular weight excluding hydrogens is 1000 g/mol. The van der Waals surface area contributed by atoms with Crippen LogP contribution in [0.25, 0.3) is 185 Å². The molecule has 17 aromatic carbocycles. The minimum Gasteiger partial charge on any atom is -0.310 e. The molecule has 0 unspecified atom stereocenters. The molecule has 0 N–H and O–H groups in total. The molecule has 2 aliphatic rings. The highest BCUT2D eigenvalue weighted by Crippen LogP contribution is 2.51. The van der Waals surface area contributed by atoms with Crippen molar-refractivity contribution in [1.29, 1.82) is 0 Å². The van der Waals surface area contributed by atoms with E-state index < -0.39 is 0 Å². The second kappa shape index (κ2) is 15.2. The number of hydrogen-bond donors (Lipinski definition) is 0. The molecule has 3 heteroatoms. The third kappa shape index (κ3) is 5.17. The van der Waals surface area contributed by atoms with Crippen LogP contribution in [-0.2, 0) is 0 Å². The van der Waals surface area contributed by atoms with Gasteiger partial charge in [0.15, 0.2) is 0 Å². The fraction of sp³-hybridized carbons (Fsp3) is 0. The Morgan fingerprint density at radius 2 is 0.614 bits per heavy atom. The molecule has 2 nitrogen and oxygen atoms in total. The van der Waals surface area contributed by atoms with Gasteiger partial charge in [-0.25, -0.2) is 0 Å². The van der Waals surface area contributed by atoms with Gasteiger partial charge in [0.25, 0.3) is 6.71 Å². The molecule has 0 atom stereocenters. The van der Waals surface area contributed by atoms with E-state index in [-0.39, 0.29) is 6.71 Å². The van der Waals surface area contributed by atoms with E-state index in [9.17, 15) is 0 Å². The highest BCUT2D eigenvalue weighted by atomic mass is 15.0. The Balaban J connectivity index is 1.000. The van der Waals surface area contributed by atoms with Gasteiger partial charge in [-0.05, 0) is 166 Å². The van der Waals surface area contributed by atoms with Crippen LogP contribution in [0.2, 0.25) is 0 Å². The summed E-state index contributed by atoms with van der Waals surface area (Å²) < 4.78 is 5.37. The summed E-state index contributed by atoms with van der Waals surface area (Å²) in [6.07, 6.45) is 0. The second-order valence-corrected chi connectivity index (χ2v) is 23.6. The largest absolute Gasteiger partial charge is 0.310 e. The molecule has 0 saturated heterocycles. The number of fused-ring (bicyclic) bond motifs is 34. The van der Waals surface area contributed by atoms with Crippen LogP contribution in [0.3, 0.4) is 0 Å². The zero-order valence-electron chi connectivity index (χ0n) is 44.8. The molecule has 2 aliphatic heterocycles. The van der Waals surface area contributed by atoms with E-state index in [2.05, 4.69) is 270 Å². The Morgan fingerprint density at radius 1 is 0.229 bits per heavy atom. The summed E-state index contributed by atoms with van der Waals surface area (Å²) in [6, 6.07) is 100. The first-order valence-electron chi connectivity index (χ1n) is 29.2. The number of benzene rings is 17. The first kappa shape index (κ1) is 43.1. The first-order chi connectivity index (χ1) is 41.2. The van der Waals surface area contributed by atoms with Gasteiger partial charge in [-0.1, -0.05) is 224 Å². The molecule has 376 valence electrons. The van der Waals surface area contributed by atoms with Gasteiger partial charge in [0.05, 0.1) is 22.1 Å². The first-order valence-corrected chi connectivity index (χ1v) is 29.2. The average Bonchev–Trinajstić information content (AvgIpc) is 1.75. The molecule has 0 spiro atoms. The predicted molar refractivity (Wildman–Crippen MR) is 358 cm³/mol. The Labute approximate surface area is 474 Å². The smallest absolute Gasteiger partial charge is 0.252 e. The summed E-state index contributed by atoms with van der Waals surface area (Å²) in [5.41, 5.74) is 14.1. The van der Waals surface area contributed by atoms with Gasteiger partial charge >= 0.3 is 0 Å². The van der Waals surface area contributed by atoms with E-state index in [1.807, 2.05) is 0 Å². The maximum atomic E-state index is 2.70. The van der Waals surface area contributed by atoms with Crippen LogP contribution < -0.4 is 16.4 Å². The van der Waals surface area contributed by atoms with Crippen molar-refractivity contribution in [2.45, 2.75) is 0 Å². The lowest BCUT2D eigenvalue weighted by molar-refractivity contribution is 1.14. The van der Waals surface area contributed by atoms with Crippen molar-refractivity contribution < 1.29 is 0 Å². The molecule has 19 aromatic rings. The van der Waals surface area contributed by atoms with Crippen LogP contribution in [0.4, 0.5) is 0 Å². The lowest BCUT2D eigenvalue weighted by Crippen LogP contribution is -2.59. The van der Waals surface area contributed by atoms with E-state index in [1.165, 1.54) is 201 Å². The molecule has 0 saturated carbocycles. The lowest BCUT2D eigenvalue weighted by atomic mass is 9.34. The molecule has 4 heterocycles. The fourth-order valence-electron chi connectivity index (χ4n) is 16.8. The van der Waals surface area contributed by atoms with Gasteiger partial charge < -0.3 is 9.13 Å². The molecular formula is C80H43BN2. The molecule has 0 fully saturated rings. The van der Waals surface area contributed by atoms with Gasteiger partial charge in [0.2, 0.25) is 0 Å². The summed E-state index contributed by atoms with van der Waals surface area (Å²) in [6.45, 7) is -0.100. The van der Waals surface area contributed by atoms with Gasteiger partial charge in [-0.3, -0.25) is 0 Å². The monoisotopic (exact) mass is 1040 g/mol. The molecule has 0 aliphatic carbocycles. The van der Waals surface area contributed by atoms with Crippen LogP contribution in [0.5, 0.6) is 0 Å². The SMILES string of the molecule is c1cc2c3c(c1)-n1c4ccc5c6ccccc6c6ccccc6c5c4c4c5c6ccccc6c6ccccc6c5cc(c41)B3c1cc3c4ccccc4c4ccccc4c3c3c4cc(-c5cc6ccccc6c6ccccc56)ccc4n-2c13. The second-order valence-electron chi connectivity index (χ2n) is 23.6. The minimum atomic E-state index is -0.100. The summed E-state index contributed by atoms with van der Waals surface area (Å²) in [4.78, 5) is 0. The summed E-state index contributed by atoms with van der Waals surface area (Å²) in [5, 5.41) is 33.6. The number of rotatable bonds is 1. The van der Waals surface area contributed by atoms with E-state index in [1.54, 1.807) is 0 Å². The Bertz CT molecular complexity index is 6280. The Hall–Kier alpha value is -10.7. The van der Waals surface area contributed by atoms with Crippen molar-refractivity contribution in [1.82, 2.24) is 9.13 Å². The molecule has 2 aromatic heterocycles. The molecule has 0 bridgehead atoms. The minimum absolute atomic E-state index is 0.100. The van der Waals surface area contributed by atoms with Gasteiger partial charge in [-0.2, -0.15) is 0 Å². The van der Waals surface area contributed by atoms with Crippen LogP contribution in [0, 0.1) is 0 Å². The van der Waals surface area contributed by atoms with Crippen LogP contribution >= 0.6 is 0 Å². The zero-order chi connectivity index (χ0) is 53.5. The lowest BCUT2D eigenvalue weighted by Gasteiger charge is -2.34. The van der Waals surface area contributed by atoms with Gasteiger partial charge in [0.1, 0.15) is 0 Å². The maximum absolute atomic E-state index is 2.70. The van der Waals surface area contributed by atoms with Crippen molar-refractivity contribution in [3.05, 3.63) is 261 Å². The molecule has 0 amide bonds. The topological polar surface area (TPSA) is 9.86 Å². The maximum Gasteiger partial charge on any atom is 0.252 e. The van der Waals surface area contributed by atoms with E-state index >= 15 is 0 Å². The third-order valence-electron chi connectivity index (χ3n) is 19.9.